The molecule has 1 aromatic carbocycles. The molecular formula is C12H13F3N2OS. The number of thiocarbonyl (C=S) groups is 1. The summed E-state index contributed by atoms with van der Waals surface area (Å²) in [6, 6.07) is 6.31. The average Bonchev–Trinajstić information content (AvgIpc) is 2.33. The van der Waals surface area contributed by atoms with E-state index in [4.69, 9.17) is 18.0 Å². The lowest BCUT2D eigenvalue weighted by atomic mass is 10.1. The molecule has 7 heteroatoms. The molecule has 0 saturated heterocycles. The van der Waals surface area contributed by atoms with E-state index in [9.17, 15) is 18.0 Å². The smallest absolute Gasteiger partial charge is 0.389 e. The summed E-state index contributed by atoms with van der Waals surface area (Å²) in [7, 11) is 0. The van der Waals surface area contributed by atoms with Crippen molar-refractivity contribution in [3.05, 3.63) is 35.4 Å². The average molecular weight is 290 g/mol. The largest absolute Gasteiger partial charge is 0.389 e. The highest BCUT2D eigenvalue weighted by molar-refractivity contribution is 7.80. The van der Waals surface area contributed by atoms with Crippen LogP contribution in [0.3, 0.4) is 0 Å². The van der Waals surface area contributed by atoms with Crippen LogP contribution in [0.4, 0.5) is 13.2 Å². The number of hydrogen-bond acceptors (Lipinski definition) is 2. The number of alkyl halides is 3. The van der Waals surface area contributed by atoms with Crippen LogP contribution in [0.2, 0.25) is 0 Å². The lowest BCUT2D eigenvalue weighted by molar-refractivity contribution is -0.135. The molecule has 1 rings (SSSR count). The molecule has 0 fully saturated rings. The van der Waals surface area contributed by atoms with E-state index in [0.717, 1.165) is 0 Å². The van der Waals surface area contributed by atoms with Gasteiger partial charge in [0.2, 0.25) is 0 Å². The standard InChI is InChI=1S/C12H13F3N2OS/c13-12(14,15)5-2-6-17-11(18)9-4-1-3-8(7-9)10(16)19/h1,3-4,7H,2,5-6H2,(H2,16,19)(H,17,18). The number of nitrogens with two attached hydrogens (primary N) is 1. The first-order valence-electron chi connectivity index (χ1n) is 5.54. The van der Waals surface area contributed by atoms with Gasteiger partial charge in [-0.25, -0.2) is 0 Å². The van der Waals surface area contributed by atoms with Crippen LogP contribution in [0.15, 0.2) is 24.3 Å². The number of nitrogens with one attached hydrogen (secondary N) is 1. The number of carbonyl (C=O) groups excluding carboxylic acids is 1. The third-order valence-corrected chi connectivity index (χ3v) is 2.57. The number of amides is 1. The van der Waals surface area contributed by atoms with Gasteiger partial charge in [0.25, 0.3) is 5.91 Å². The summed E-state index contributed by atoms with van der Waals surface area (Å²) in [5.41, 5.74) is 6.28. The van der Waals surface area contributed by atoms with Crippen molar-refractivity contribution in [2.75, 3.05) is 6.54 Å². The molecule has 0 unspecified atom stereocenters. The quantitative estimate of drug-likeness (QED) is 0.646. The van der Waals surface area contributed by atoms with Gasteiger partial charge in [-0.1, -0.05) is 24.4 Å². The molecule has 1 aromatic rings. The third kappa shape index (κ3) is 5.69. The first-order valence-corrected chi connectivity index (χ1v) is 5.95. The summed E-state index contributed by atoms with van der Waals surface area (Å²) in [4.78, 5) is 11.8. The van der Waals surface area contributed by atoms with E-state index < -0.39 is 18.5 Å². The van der Waals surface area contributed by atoms with Gasteiger partial charge in [-0.05, 0) is 18.6 Å². The van der Waals surface area contributed by atoms with E-state index in [1.54, 1.807) is 18.2 Å². The Labute approximate surface area is 114 Å². The molecular weight excluding hydrogens is 277 g/mol. The molecule has 0 atom stereocenters. The third-order valence-electron chi connectivity index (χ3n) is 2.33. The molecule has 0 spiro atoms. The summed E-state index contributed by atoms with van der Waals surface area (Å²) in [5, 5.41) is 2.41. The molecule has 104 valence electrons. The van der Waals surface area contributed by atoms with Crippen molar-refractivity contribution < 1.29 is 18.0 Å². The summed E-state index contributed by atoms with van der Waals surface area (Å²) < 4.78 is 35.7. The molecule has 0 bridgehead atoms. The second-order valence-corrected chi connectivity index (χ2v) is 4.36. The molecule has 0 saturated carbocycles. The summed E-state index contributed by atoms with van der Waals surface area (Å²) in [5.74, 6) is -0.444. The van der Waals surface area contributed by atoms with Crippen molar-refractivity contribution in [2.24, 2.45) is 5.73 Å². The molecule has 1 amide bonds. The predicted molar refractivity (Wildman–Crippen MR) is 70.0 cm³/mol. The second kappa shape index (κ2) is 6.51. The van der Waals surface area contributed by atoms with Gasteiger partial charge in [-0.3, -0.25) is 4.79 Å². The van der Waals surface area contributed by atoms with Crippen molar-refractivity contribution in [1.82, 2.24) is 5.32 Å². The minimum atomic E-state index is -4.20. The maximum absolute atomic E-state index is 11.9. The van der Waals surface area contributed by atoms with Gasteiger partial charge >= 0.3 is 6.18 Å². The normalized spacial score (nSPS) is 11.1. The Bertz CT molecular complexity index is 474. The van der Waals surface area contributed by atoms with Gasteiger partial charge < -0.3 is 11.1 Å². The van der Waals surface area contributed by atoms with Crippen LogP contribution in [-0.2, 0) is 0 Å². The Morgan fingerprint density at radius 1 is 1.32 bits per heavy atom. The Morgan fingerprint density at radius 3 is 2.53 bits per heavy atom. The van der Waals surface area contributed by atoms with Gasteiger partial charge in [0.15, 0.2) is 0 Å². The van der Waals surface area contributed by atoms with Crippen LogP contribution in [0.5, 0.6) is 0 Å². The lowest BCUT2D eigenvalue weighted by Crippen LogP contribution is -2.26. The zero-order valence-electron chi connectivity index (χ0n) is 9.96. The maximum Gasteiger partial charge on any atom is 0.389 e. The Kier molecular flexibility index (Phi) is 5.29. The molecule has 0 aliphatic heterocycles. The van der Waals surface area contributed by atoms with Crippen LogP contribution >= 0.6 is 12.2 Å². The van der Waals surface area contributed by atoms with E-state index in [0.29, 0.717) is 11.1 Å². The molecule has 0 aromatic heterocycles. The fourth-order valence-corrected chi connectivity index (χ4v) is 1.53. The zero-order valence-corrected chi connectivity index (χ0v) is 10.8. The summed E-state index contributed by atoms with van der Waals surface area (Å²) in [6.45, 7) is -0.0321. The molecule has 3 nitrogen and oxygen atoms in total. The second-order valence-electron chi connectivity index (χ2n) is 3.92. The number of hydrogen-bond donors (Lipinski definition) is 2. The zero-order chi connectivity index (χ0) is 14.5. The molecule has 0 radical (unpaired) electrons. The first kappa shape index (κ1) is 15.4. The Morgan fingerprint density at radius 2 is 1.95 bits per heavy atom. The topological polar surface area (TPSA) is 55.1 Å². The number of benzene rings is 1. The number of carbonyl (C=O) groups is 1. The first-order chi connectivity index (χ1) is 8.79. The van der Waals surface area contributed by atoms with Gasteiger partial charge in [-0.15, -0.1) is 0 Å². The van der Waals surface area contributed by atoms with E-state index in [1.807, 2.05) is 0 Å². The minimum Gasteiger partial charge on any atom is -0.389 e. The minimum absolute atomic E-state index is 0.0321. The fraction of sp³-hybridized carbons (Fsp3) is 0.333. The number of halogens is 3. The fourth-order valence-electron chi connectivity index (χ4n) is 1.41. The van der Waals surface area contributed by atoms with Gasteiger partial charge in [0.1, 0.15) is 4.99 Å². The van der Waals surface area contributed by atoms with Crippen molar-refractivity contribution >= 4 is 23.1 Å². The molecule has 19 heavy (non-hydrogen) atoms. The van der Waals surface area contributed by atoms with E-state index in [1.165, 1.54) is 6.07 Å². The Hall–Kier alpha value is -1.63. The van der Waals surface area contributed by atoms with Crippen LogP contribution in [0, 0.1) is 0 Å². The SMILES string of the molecule is NC(=S)c1cccc(C(=O)NCCCC(F)(F)F)c1. The van der Waals surface area contributed by atoms with Gasteiger partial charge in [-0.2, -0.15) is 13.2 Å². The molecule has 0 aliphatic rings. The molecule has 0 heterocycles. The van der Waals surface area contributed by atoms with E-state index in [-0.39, 0.29) is 18.0 Å². The van der Waals surface area contributed by atoms with Crippen LogP contribution < -0.4 is 11.1 Å². The van der Waals surface area contributed by atoms with Gasteiger partial charge in [0, 0.05) is 24.1 Å². The van der Waals surface area contributed by atoms with Crippen molar-refractivity contribution in [1.29, 1.82) is 0 Å². The van der Waals surface area contributed by atoms with Crippen molar-refractivity contribution in [3.63, 3.8) is 0 Å². The highest BCUT2D eigenvalue weighted by Gasteiger charge is 2.25. The molecule has 0 aliphatic carbocycles. The van der Waals surface area contributed by atoms with Crippen LogP contribution in [0.1, 0.15) is 28.8 Å². The highest BCUT2D eigenvalue weighted by atomic mass is 32.1. The summed E-state index contributed by atoms with van der Waals surface area (Å²) in [6.07, 6.45) is -5.26. The number of rotatable bonds is 5. The monoisotopic (exact) mass is 290 g/mol. The van der Waals surface area contributed by atoms with E-state index in [2.05, 4.69) is 5.32 Å². The Balaban J connectivity index is 2.50. The maximum atomic E-state index is 11.9. The lowest BCUT2D eigenvalue weighted by Gasteiger charge is -2.08. The van der Waals surface area contributed by atoms with Gasteiger partial charge in [0.05, 0.1) is 0 Å². The highest BCUT2D eigenvalue weighted by Crippen LogP contribution is 2.20. The van der Waals surface area contributed by atoms with Crippen LogP contribution in [0.25, 0.3) is 0 Å². The van der Waals surface area contributed by atoms with Crippen LogP contribution in [-0.4, -0.2) is 23.6 Å². The predicted octanol–water partition coefficient (Wildman–Crippen LogP) is 2.39. The van der Waals surface area contributed by atoms with Crippen molar-refractivity contribution in [3.8, 4) is 0 Å². The summed E-state index contributed by atoms with van der Waals surface area (Å²) >= 11 is 4.78. The molecule has 3 N–H and O–H groups in total. The van der Waals surface area contributed by atoms with Crippen molar-refractivity contribution in [2.45, 2.75) is 19.0 Å². The van der Waals surface area contributed by atoms with E-state index >= 15 is 0 Å².